The molecule has 13 heavy (non-hydrogen) atoms. The quantitative estimate of drug-likeness (QED) is 0.632. The Morgan fingerprint density at radius 2 is 2.00 bits per heavy atom. The molecule has 0 aliphatic carbocycles. The molecule has 66 valence electrons. The number of nitrogens with zero attached hydrogens (tertiary/aromatic N) is 2. The standard InChI is InChI=1S/C11H12N2/c1-3-13-9(2)11-6-4-10(8-12)5-7-11/h3-7,9H,1-2H3. The van der Waals surface area contributed by atoms with E-state index in [-0.39, 0.29) is 6.04 Å². The van der Waals surface area contributed by atoms with Crippen molar-refractivity contribution < 1.29 is 0 Å². The summed E-state index contributed by atoms with van der Waals surface area (Å²) in [6.45, 7) is 3.93. The Kier molecular flexibility index (Phi) is 3.22. The molecule has 0 heterocycles. The molecule has 1 aromatic rings. The third-order valence-corrected chi connectivity index (χ3v) is 1.89. The van der Waals surface area contributed by atoms with E-state index in [1.807, 2.05) is 38.1 Å². The maximum absolute atomic E-state index is 8.59. The van der Waals surface area contributed by atoms with Gasteiger partial charge in [-0.25, -0.2) is 0 Å². The molecule has 0 bridgehead atoms. The Labute approximate surface area is 78.5 Å². The molecule has 2 nitrogen and oxygen atoms in total. The number of aliphatic imine (C=N–C) groups is 1. The fraction of sp³-hybridized carbons (Fsp3) is 0.273. The highest BCUT2D eigenvalue weighted by Crippen LogP contribution is 2.16. The van der Waals surface area contributed by atoms with E-state index in [9.17, 15) is 0 Å². The van der Waals surface area contributed by atoms with Crippen LogP contribution < -0.4 is 0 Å². The van der Waals surface area contributed by atoms with E-state index in [4.69, 9.17) is 5.26 Å². The van der Waals surface area contributed by atoms with Gasteiger partial charge in [-0.15, -0.1) is 0 Å². The molecular formula is C11H12N2. The van der Waals surface area contributed by atoms with Crippen LogP contribution in [0.5, 0.6) is 0 Å². The summed E-state index contributed by atoms with van der Waals surface area (Å²) in [7, 11) is 0. The van der Waals surface area contributed by atoms with Crippen LogP contribution in [0.1, 0.15) is 31.0 Å². The number of benzene rings is 1. The Bertz CT molecular complexity index is 330. The molecule has 0 aliphatic heterocycles. The number of nitriles is 1. The van der Waals surface area contributed by atoms with Gasteiger partial charge < -0.3 is 0 Å². The predicted octanol–water partition coefficient (Wildman–Crippen LogP) is 2.71. The summed E-state index contributed by atoms with van der Waals surface area (Å²) >= 11 is 0. The molecule has 0 saturated carbocycles. The molecule has 0 aliphatic rings. The SMILES string of the molecule is CC=NC(C)c1ccc(C#N)cc1. The fourth-order valence-electron chi connectivity index (χ4n) is 1.15. The summed E-state index contributed by atoms with van der Waals surface area (Å²) in [5, 5.41) is 8.59. The molecular weight excluding hydrogens is 160 g/mol. The minimum atomic E-state index is 0.178. The monoisotopic (exact) mass is 172 g/mol. The summed E-state index contributed by atoms with van der Waals surface area (Å²) in [6, 6.07) is 9.78. The van der Waals surface area contributed by atoms with Gasteiger partial charge in [-0.1, -0.05) is 12.1 Å². The number of rotatable bonds is 2. The highest BCUT2D eigenvalue weighted by atomic mass is 14.7. The first kappa shape index (κ1) is 9.47. The van der Waals surface area contributed by atoms with Gasteiger partial charge in [-0.05, 0) is 37.8 Å². The molecule has 2 heteroatoms. The third-order valence-electron chi connectivity index (χ3n) is 1.89. The summed E-state index contributed by atoms with van der Waals surface area (Å²) in [4.78, 5) is 4.24. The molecule has 0 saturated heterocycles. The minimum Gasteiger partial charge on any atom is -0.290 e. The first-order chi connectivity index (χ1) is 6.27. The Hall–Kier alpha value is -1.62. The van der Waals surface area contributed by atoms with Crippen LogP contribution in [0.4, 0.5) is 0 Å². The second-order valence-corrected chi connectivity index (χ2v) is 2.82. The van der Waals surface area contributed by atoms with Crippen molar-refractivity contribution in [2.75, 3.05) is 0 Å². The lowest BCUT2D eigenvalue weighted by atomic mass is 10.1. The zero-order chi connectivity index (χ0) is 9.68. The van der Waals surface area contributed by atoms with Crippen LogP contribution in [0.3, 0.4) is 0 Å². The van der Waals surface area contributed by atoms with Crippen molar-refractivity contribution in [2.24, 2.45) is 4.99 Å². The topological polar surface area (TPSA) is 36.1 Å². The minimum absolute atomic E-state index is 0.178. The van der Waals surface area contributed by atoms with Crippen molar-refractivity contribution in [3.8, 4) is 6.07 Å². The van der Waals surface area contributed by atoms with Crippen LogP contribution in [0.25, 0.3) is 0 Å². The van der Waals surface area contributed by atoms with E-state index in [0.29, 0.717) is 5.56 Å². The summed E-state index contributed by atoms with van der Waals surface area (Å²) in [5.74, 6) is 0. The first-order valence-electron chi connectivity index (χ1n) is 4.25. The lowest BCUT2D eigenvalue weighted by molar-refractivity contribution is 0.824. The smallest absolute Gasteiger partial charge is 0.0991 e. The van der Waals surface area contributed by atoms with Gasteiger partial charge in [0.25, 0.3) is 0 Å². The molecule has 0 amide bonds. The number of hydrogen-bond donors (Lipinski definition) is 0. The predicted molar refractivity (Wildman–Crippen MR) is 53.7 cm³/mol. The fourth-order valence-corrected chi connectivity index (χ4v) is 1.15. The normalized spacial score (nSPS) is 12.7. The van der Waals surface area contributed by atoms with Gasteiger partial charge in [-0.2, -0.15) is 5.26 Å². The van der Waals surface area contributed by atoms with E-state index in [1.54, 1.807) is 6.21 Å². The molecule has 0 aromatic heterocycles. The van der Waals surface area contributed by atoms with Crippen LogP contribution in [-0.2, 0) is 0 Å². The molecule has 0 N–H and O–H groups in total. The number of hydrogen-bond acceptors (Lipinski definition) is 2. The second kappa shape index (κ2) is 4.42. The van der Waals surface area contributed by atoms with Crippen molar-refractivity contribution in [1.29, 1.82) is 5.26 Å². The van der Waals surface area contributed by atoms with Gasteiger partial charge in [0.1, 0.15) is 0 Å². The largest absolute Gasteiger partial charge is 0.290 e. The zero-order valence-electron chi connectivity index (χ0n) is 7.86. The molecule has 1 aromatic carbocycles. The van der Waals surface area contributed by atoms with Crippen LogP contribution in [0, 0.1) is 11.3 Å². The second-order valence-electron chi connectivity index (χ2n) is 2.82. The van der Waals surface area contributed by atoms with Gasteiger partial charge in [0.15, 0.2) is 0 Å². The van der Waals surface area contributed by atoms with Gasteiger partial charge in [-0.3, -0.25) is 4.99 Å². The van der Waals surface area contributed by atoms with Gasteiger partial charge in [0.2, 0.25) is 0 Å². The van der Waals surface area contributed by atoms with E-state index < -0.39 is 0 Å². The van der Waals surface area contributed by atoms with Gasteiger partial charge in [0, 0.05) is 0 Å². The average molecular weight is 172 g/mol. The molecule has 1 unspecified atom stereocenters. The van der Waals surface area contributed by atoms with Crippen LogP contribution in [-0.4, -0.2) is 6.21 Å². The van der Waals surface area contributed by atoms with Crippen LogP contribution >= 0.6 is 0 Å². The highest BCUT2D eigenvalue weighted by Gasteiger charge is 2.00. The maximum atomic E-state index is 8.59. The first-order valence-corrected chi connectivity index (χ1v) is 4.25. The van der Waals surface area contributed by atoms with E-state index in [0.717, 1.165) is 5.56 Å². The molecule has 0 fully saturated rings. The Morgan fingerprint density at radius 3 is 2.46 bits per heavy atom. The summed E-state index contributed by atoms with van der Waals surface area (Å²) in [5.41, 5.74) is 1.83. The Morgan fingerprint density at radius 1 is 1.38 bits per heavy atom. The van der Waals surface area contributed by atoms with Gasteiger partial charge >= 0.3 is 0 Å². The van der Waals surface area contributed by atoms with Crippen molar-refractivity contribution >= 4 is 6.21 Å². The van der Waals surface area contributed by atoms with E-state index >= 15 is 0 Å². The van der Waals surface area contributed by atoms with E-state index in [2.05, 4.69) is 11.1 Å². The van der Waals surface area contributed by atoms with E-state index in [1.165, 1.54) is 0 Å². The lowest BCUT2D eigenvalue weighted by Crippen LogP contribution is -1.89. The summed E-state index contributed by atoms with van der Waals surface area (Å²) in [6.07, 6.45) is 1.79. The molecule has 0 spiro atoms. The van der Waals surface area contributed by atoms with Crippen LogP contribution in [0.2, 0.25) is 0 Å². The lowest BCUT2D eigenvalue weighted by Gasteiger charge is -2.05. The molecule has 1 atom stereocenters. The van der Waals surface area contributed by atoms with Gasteiger partial charge in [0.05, 0.1) is 17.7 Å². The third kappa shape index (κ3) is 2.41. The highest BCUT2D eigenvalue weighted by molar-refractivity contribution is 5.54. The van der Waals surface area contributed by atoms with Crippen molar-refractivity contribution in [3.63, 3.8) is 0 Å². The van der Waals surface area contributed by atoms with Crippen molar-refractivity contribution in [1.82, 2.24) is 0 Å². The molecule has 1 rings (SSSR count). The average Bonchev–Trinajstić information content (AvgIpc) is 2.18. The maximum Gasteiger partial charge on any atom is 0.0991 e. The van der Waals surface area contributed by atoms with Crippen molar-refractivity contribution in [2.45, 2.75) is 19.9 Å². The van der Waals surface area contributed by atoms with Crippen molar-refractivity contribution in [3.05, 3.63) is 35.4 Å². The zero-order valence-corrected chi connectivity index (χ0v) is 7.86. The molecule has 0 radical (unpaired) electrons. The summed E-state index contributed by atoms with van der Waals surface area (Å²) < 4.78 is 0. The Balaban J connectivity index is 2.87. The van der Waals surface area contributed by atoms with Crippen LogP contribution in [0.15, 0.2) is 29.3 Å².